The first kappa shape index (κ1) is 22.1. The van der Waals surface area contributed by atoms with Crippen molar-refractivity contribution in [3.05, 3.63) is 88.8 Å². The van der Waals surface area contributed by atoms with Crippen LogP contribution in [0.3, 0.4) is 0 Å². The van der Waals surface area contributed by atoms with Gasteiger partial charge in [0.25, 0.3) is 0 Å². The van der Waals surface area contributed by atoms with Gasteiger partial charge in [-0.1, -0.05) is 11.6 Å². The standard InChI is InChI=1S/C25H18ClNO6S/c1-27-14-15(21-12-17(31-2)6-10-22(21)27)11-24-25(28)20-9-5-18(13-23(20)32-24)33-34(29,30)19-7-3-16(26)4-8-19/h3-14H,1-2H3. The lowest BCUT2D eigenvalue weighted by atomic mass is 10.1. The van der Waals surface area contributed by atoms with Gasteiger partial charge < -0.3 is 18.2 Å². The van der Waals surface area contributed by atoms with Crippen LogP contribution < -0.4 is 13.7 Å². The second-order valence-electron chi connectivity index (χ2n) is 7.67. The number of hydrogen-bond donors (Lipinski definition) is 0. The quantitative estimate of drug-likeness (QED) is 0.278. The molecule has 0 N–H and O–H groups in total. The van der Waals surface area contributed by atoms with Crippen molar-refractivity contribution in [3.8, 4) is 17.2 Å². The Morgan fingerprint density at radius 1 is 1.00 bits per heavy atom. The third kappa shape index (κ3) is 3.91. The first-order valence-electron chi connectivity index (χ1n) is 10.2. The molecule has 34 heavy (non-hydrogen) atoms. The maximum atomic E-state index is 12.9. The van der Waals surface area contributed by atoms with Crippen LogP contribution in [0.4, 0.5) is 0 Å². The zero-order chi connectivity index (χ0) is 24.0. The molecular weight excluding hydrogens is 478 g/mol. The summed E-state index contributed by atoms with van der Waals surface area (Å²) in [5.74, 6) is 0.768. The SMILES string of the molecule is COc1ccc2c(c1)c(C=C1Oc3cc(OS(=O)(=O)c4ccc(Cl)cc4)ccc3C1=O)cn2C. The number of Topliss-reactive ketones (excluding diaryl/α,β-unsaturated/α-hetero) is 1. The van der Waals surface area contributed by atoms with Crippen LogP contribution in [0.25, 0.3) is 17.0 Å². The van der Waals surface area contributed by atoms with E-state index in [0.29, 0.717) is 16.3 Å². The Morgan fingerprint density at radius 2 is 1.74 bits per heavy atom. The molecule has 0 bridgehead atoms. The number of ketones is 1. The van der Waals surface area contributed by atoms with Crippen molar-refractivity contribution < 1.29 is 26.9 Å². The van der Waals surface area contributed by atoms with E-state index >= 15 is 0 Å². The van der Waals surface area contributed by atoms with Gasteiger partial charge in [0, 0.05) is 40.8 Å². The minimum Gasteiger partial charge on any atom is -0.497 e. The lowest BCUT2D eigenvalue weighted by Gasteiger charge is -2.08. The van der Waals surface area contributed by atoms with Crippen LogP contribution in [0.15, 0.2) is 77.5 Å². The van der Waals surface area contributed by atoms with Crippen LogP contribution in [0.5, 0.6) is 17.2 Å². The minimum absolute atomic E-state index is 0.0256. The first-order valence-corrected chi connectivity index (χ1v) is 12.0. The maximum Gasteiger partial charge on any atom is 0.339 e. The lowest BCUT2D eigenvalue weighted by Crippen LogP contribution is -2.09. The minimum atomic E-state index is -4.08. The van der Waals surface area contributed by atoms with E-state index in [1.807, 2.05) is 36.0 Å². The van der Waals surface area contributed by atoms with Crippen LogP contribution in [0, 0.1) is 0 Å². The number of halogens is 1. The number of hydrogen-bond acceptors (Lipinski definition) is 6. The van der Waals surface area contributed by atoms with Crippen molar-refractivity contribution in [2.75, 3.05) is 7.11 Å². The highest BCUT2D eigenvalue weighted by Gasteiger charge is 2.29. The van der Waals surface area contributed by atoms with Gasteiger partial charge >= 0.3 is 10.1 Å². The summed E-state index contributed by atoms with van der Waals surface area (Å²) in [6, 6.07) is 15.6. The molecule has 1 aliphatic heterocycles. The molecule has 1 aromatic heterocycles. The summed E-state index contributed by atoms with van der Waals surface area (Å²) in [7, 11) is -0.577. The number of fused-ring (bicyclic) bond motifs is 2. The van der Waals surface area contributed by atoms with Gasteiger partial charge in [-0.3, -0.25) is 4.79 Å². The summed E-state index contributed by atoms with van der Waals surface area (Å²) in [6.07, 6.45) is 3.55. The Hall–Kier alpha value is -3.75. The number of carbonyl (C=O) groups is 1. The Bertz CT molecular complexity index is 1590. The van der Waals surface area contributed by atoms with Crippen LogP contribution in [-0.2, 0) is 17.2 Å². The number of carbonyl (C=O) groups excluding carboxylic acids is 1. The molecule has 0 saturated carbocycles. The molecule has 0 radical (unpaired) electrons. The van der Waals surface area contributed by atoms with Crippen molar-refractivity contribution >= 4 is 44.5 Å². The van der Waals surface area contributed by atoms with Crippen LogP contribution in [0.2, 0.25) is 5.02 Å². The Labute approximate surface area is 200 Å². The highest BCUT2D eigenvalue weighted by Crippen LogP contribution is 2.37. The van der Waals surface area contributed by atoms with E-state index in [1.165, 1.54) is 42.5 Å². The van der Waals surface area contributed by atoms with Crippen LogP contribution >= 0.6 is 11.6 Å². The predicted molar refractivity (Wildman–Crippen MR) is 128 cm³/mol. The maximum absolute atomic E-state index is 12.9. The fourth-order valence-electron chi connectivity index (χ4n) is 3.78. The van der Waals surface area contributed by atoms with Gasteiger partial charge in [-0.15, -0.1) is 0 Å². The second-order valence-corrected chi connectivity index (χ2v) is 9.65. The topological polar surface area (TPSA) is 83.8 Å². The van der Waals surface area contributed by atoms with Crippen LogP contribution in [0.1, 0.15) is 15.9 Å². The molecular formula is C25H18ClNO6S. The van der Waals surface area contributed by atoms with Gasteiger partial charge in [-0.25, -0.2) is 0 Å². The average molecular weight is 496 g/mol. The van der Waals surface area contributed by atoms with Crippen LogP contribution in [-0.4, -0.2) is 25.9 Å². The highest BCUT2D eigenvalue weighted by molar-refractivity contribution is 7.87. The summed E-state index contributed by atoms with van der Waals surface area (Å²) in [4.78, 5) is 12.9. The van der Waals surface area contributed by atoms with E-state index in [4.69, 9.17) is 25.3 Å². The van der Waals surface area contributed by atoms with E-state index in [2.05, 4.69) is 0 Å². The van der Waals surface area contributed by atoms with Crippen molar-refractivity contribution in [2.45, 2.75) is 4.90 Å². The van der Waals surface area contributed by atoms with Crippen molar-refractivity contribution in [3.63, 3.8) is 0 Å². The molecule has 0 atom stereocenters. The third-order valence-electron chi connectivity index (χ3n) is 5.46. The highest BCUT2D eigenvalue weighted by atomic mass is 35.5. The summed E-state index contributed by atoms with van der Waals surface area (Å²) >= 11 is 5.82. The summed E-state index contributed by atoms with van der Waals surface area (Å²) < 4.78 is 43.4. The molecule has 0 unspecified atom stereocenters. The fraction of sp³-hybridized carbons (Fsp3) is 0.0800. The summed E-state index contributed by atoms with van der Waals surface area (Å²) in [5.41, 5.74) is 2.08. The van der Waals surface area contributed by atoms with Gasteiger partial charge in [0.2, 0.25) is 5.78 Å². The zero-order valence-electron chi connectivity index (χ0n) is 18.1. The lowest BCUT2D eigenvalue weighted by molar-refractivity contribution is 0.101. The van der Waals surface area contributed by atoms with Crippen molar-refractivity contribution in [1.82, 2.24) is 4.57 Å². The van der Waals surface area contributed by atoms with E-state index in [9.17, 15) is 13.2 Å². The van der Waals surface area contributed by atoms with Crippen molar-refractivity contribution in [2.24, 2.45) is 7.05 Å². The van der Waals surface area contributed by atoms with Gasteiger partial charge in [0.15, 0.2) is 5.76 Å². The average Bonchev–Trinajstić information content (AvgIpc) is 3.29. The molecule has 0 saturated heterocycles. The number of aryl methyl sites for hydroxylation is 1. The molecule has 0 fully saturated rings. The van der Waals surface area contributed by atoms with Gasteiger partial charge in [-0.2, -0.15) is 8.42 Å². The normalized spacial score (nSPS) is 14.3. The van der Waals surface area contributed by atoms with Gasteiger partial charge in [0.05, 0.1) is 12.7 Å². The molecule has 7 nitrogen and oxygen atoms in total. The molecule has 0 spiro atoms. The second kappa shape index (κ2) is 8.23. The third-order valence-corrected chi connectivity index (χ3v) is 6.98. The monoisotopic (exact) mass is 495 g/mol. The molecule has 4 aromatic rings. The molecule has 3 aromatic carbocycles. The van der Waals surface area contributed by atoms with Crippen molar-refractivity contribution in [1.29, 1.82) is 0 Å². The molecule has 2 heterocycles. The Morgan fingerprint density at radius 3 is 2.47 bits per heavy atom. The van der Waals surface area contributed by atoms with Gasteiger partial charge in [0.1, 0.15) is 22.1 Å². The van der Waals surface area contributed by atoms with Gasteiger partial charge in [-0.05, 0) is 60.7 Å². The molecule has 0 amide bonds. The predicted octanol–water partition coefficient (Wildman–Crippen LogP) is 5.22. The fourth-order valence-corrected chi connectivity index (χ4v) is 4.83. The number of nitrogens with zero attached hydrogens (tertiary/aromatic N) is 1. The molecule has 172 valence electrons. The number of aromatic nitrogens is 1. The van der Waals surface area contributed by atoms with E-state index in [0.717, 1.165) is 16.5 Å². The number of benzene rings is 3. The molecule has 1 aliphatic rings. The summed E-state index contributed by atoms with van der Waals surface area (Å²) in [6.45, 7) is 0. The number of ether oxygens (including phenoxy) is 2. The largest absolute Gasteiger partial charge is 0.497 e. The smallest absolute Gasteiger partial charge is 0.339 e. The first-order chi connectivity index (χ1) is 16.2. The zero-order valence-corrected chi connectivity index (χ0v) is 19.7. The molecule has 0 aliphatic carbocycles. The number of rotatable bonds is 5. The van der Waals surface area contributed by atoms with E-state index in [-0.39, 0.29) is 27.9 Å². The van der Waals surface area contributed by atoms with E-state index in [1.54, 1.807) is 13.2 Å². The molecule has 9 heteroatoms. The Balaban J connectivity index is 1.45. The number of methoxy groups -OCH3 is 1. The number of allylic oxidation sites excluding steroid dienone is 1. The Kier molecular flexibility index (Phi) is 5.34. The summed E-state index contributed by atoms with van der Waals surface area (Å²) in [5, 5.41) is 1.31. The molecule has 5 rings (SSSR count). The van der Waals surface area contributed by atoms with E-state index < -0.39 is 10.1 Å².